The summed E-state index contributed by atoms with van der Waals surface area (Å²) in [6.45, 7) is 2.71. The quantitative estimate of drug-likeness (QED) is 0.933. The highest BCUT2D eigenvalue weighted by Crippen LogP contribution is 2.41. The number of carboxylic acids is 1. The summed E-state index contributed by atoms with van der Waals surface area (Å²) >= 11 is 1.43. The van der Waals surface area contributed by atoms with Crippen LogP contribution in [0, 0.1) is 0 Å². The minimum atomic E-state index is -0.990. The maximum Gasteiger partial charge on any atom is 0.356 e. The molecule has 1 unspecified atom stereocenters. The van der Waals surface area contributed by atoms with Crippen molar-refractivity contribution in [3.05, 3.63) is 41.0 Å². The van der Waals surface area contributed by atoms with E-state index in [1.807, 2.05) is 37.3 Å². The Hall–Kier alpha value is -1.72. The number of benzene rings is 1. The standard InChI is InChI=1S/C16H17NO3S/c1-16(9-5-6-10-20-16)15-17-12(14(18)19)13(21-15)11-7-3-2-4-8-11/h2-4,7-8H,5-6,9-10H2,1H3,(H,18,19). The van der Waals surface area contributed by atoms with Crippen LogP contribution in [0.1, 0.15) is 41.7 Å². The van der Waals surface area contributed by atoms with Gasteiger partial charge in [0.15, 0.2) is 5.69 Å². The molecule has 1 aromatic carbocycles. The van der Waals surface area contributed by atoms with Crippen molar-refractivity contribution in [2.45, 2.75) is 31.8 Å². The second-order valence-electron chi connectivity index (χ2n) is 5.40. The number of hydrogen-bond acceptors (Lipinski definition) is 4. The van der Waals surface area contributed by atoms with Gasteiger partial charge in [0, 0.05) is 6.61 Å². The predicted octanol–water partition coefficient (Wildman–Crippen LogP) is 3.92. The molecule has 4 nitrogen and oxygen atoms in total. The highest BCUT2D eigenvalue weighted by atomic mass is 32.1. The van der Waals surface area contributed by atoms with Crippen LogP contribution < -0.4 is 0 Å². The summed E-state index contributed by atoms with van der Waals surface area (Å²) in [5.74, 6) is -0.990. The van der Waals surface area contributed by atoms with Gasteiger partial charge in [0.25, 0.3) is 0 Å². The van der Waals surface area contributed by atoms with E-state index in [4.69, 9.17) is 4.74 Å². The molecule has 1 atom stereocenters. The summed E-state index contributed by atoms with van der Waals surface area (Å²) in [5.41, 5.74) is 0.551. The van der Waals surface area contributed by atoms with Gasteiger partial charge in [0.05, 0.1) is 4.88 Å². The molecule has 3 rings (SSSR count). The highest BCUT2D eigenvalue weighted by Gasteiger charge is 2.35. The largest absolute Gasteiger partial charge is 0.476 e. The van der Waals surface area contributed by atoms with Crippen molar-refractivity contribution < 1.29 is 14.6 Å². The smallest absolute Gasteiger partial charge is 0.356 e. The van der Waals surface area contributed by atoms with Crippen LogP contribution in [0.2, 0.25) is 0 Å². The maximum atomic E-state index is 11.5. The van der Waals surface area contributed by atoms with E-state index in [9.17, 15) is 9.90 Å². The summed E-state index contributed by atoms with van der Waals surface area (Å²) in [6, 6.07) is 9.54. The molecule has 21 heavy (non-hydrogen) atoms. The van der Waals surface area contributed by atoms with E-state index in [2.05, 4.69) is 4.98 Å². The van der Waals surface area contributed by atoms with Crippen LogP contribution >= 0.6 is 11.3 Å². The number of rotatable bonds is 3. The van der Waals surface area contributed by atoms with Crippen molar-refractivity contribution in [1.29, 1.82) is 0 Å². The van der Waals surface area contributed by atoms with E-state index in [0.717, 1.165) is 29.8 Å². The van der Waals surface area contributed by atoms with E-state index >= 15 is 0 Å². The summed E-state index contributed by atoms with van der Waals surface area (Å²) in [5, 5.41) is 10.2. The van der Waals surface area contributed by atoms with Crippen molar-refractivity contribution in [2.24, 2.45) is 0 Å². The van der Waals surface area contributed by atoms with E-state index in [1.54, 1.807) is 0 Å². The molecule has 0 radical (unpaired) electrons. The third-order valence-corrected chi connectivity index (χ3v) is 5.14. The minimum absolute atomic E-state index is 0.122. The third-order valence-electron chi connectivity index (χ3n) is 3.79. The third kappa shape index (κ3) is 2.71. The van der Waals surface area contributed by atoms with Gasteiger partial charge >= 0.3 is 5.97 Å². The van der Waals surface area contributed by atoms with Crippen LogP contribution in [0.25, 0.3) is 10.4 Å². The summed E-state index contributed by atoms with van der Waals surface area (Å²) in [6.07, 6.45) is 3.02. The van der Waals surface area contributed by atoms with E-state index in [1.165, 1.54) is 11.3 Å². The van der Waals surface area contributed by atoms with Gasteiger partial charge in [-0.15, -0.1) is 11.3 Å². The molecule has 1 aliphatic rings. The molecule has 1 N–H and O–H groups in total. The van der Waals surface area contributed by atoms with Gasteiger partial charge in [-0.3, -0.25) is 0 Å². The minimum Gasteiger partial charge on any atom is -0.476 e. The summed E-state index contributed by atoms with van der Waals surface area (Å²) in [4.78, 5) is 16.6. The fraction of sp³-hybridized carbons (Fsp3) is 0.375. The zero-order valence-corrected chi connectivity index (χ0v) is 12.7. The lowest BCUT2D eigenvalue weighted by Gasteiger charge is -2.31. The second kappa shape index (κ2) is 5.58. The van der Waals surface area contributed by atoms with Gasteiger partial charge in [-0.1, -0.05) is 30.3 Å². The van der Waals surface area contributed by atoms with Gasteiger partial charge in [0.2, 0.25) is 0 Å². The Bertz CT molecular complexity index is 645. The summed E-state index contributed by atoms with van der Waals surface area (Å²) in [7, 11) is 0. The lowest BCUT2D eigenvalue weighted by Crippen LogP contribution is -2.30. The first kappa shape index (κ1) is 14.2. The van der Waals surface area contributed by atoms with Crippen LogP contribution in [0.4, 0.5) is 0 Å². The Morgan fingerprint density at radius 3 is 2.71 bits per heavy atom. The van der Waals surface area contributed by atoms with Crippen LogP contribution in [0.15, 0.2) is 30.3 Å². The van der Waals surface area contributed by atoms with Crippen LogP contribution in [-0.2, 0) is 10.3 Å². The normalized spacial score (nSPS) is 22.1. The SMILES string of the molecule is CC1(c2nc(C(=O)O)c(-c3ccccc3)s2)CCCCO1. The zero-order chi connectivity index (χ0) is 14.9. The Kier molecular flexibility index (Phi) is 3.78. The number of aromatic carboxylic acids is 1. The molecule has 110 valence electrons. The van der Waals surface area contributed by atoms with Gasteiger partial charge in [-0.25, -0.2) is 9.78 Å². The van der Waals surface area contributed by atoms with Gasteiger partial charge in [0.1, 0.15) is 10.6 Å². The lowest BCUT2D eigenvalue weighted by molar-refractivity contribution is -0.0702. The van der Waals surface area contributed by atoms with Crippen molar-refractivity contribution >= 4 is 17.3 Å². The molecule has 0 amide bonds. The predicted molar refractivity (Wildman–Crippen MR) is 81.7 cm³/mol. The Morgan fingerprint density at radius 1 is 1.33 bits per heavy atom. The molecule has 2 heterocycles. The van der Waals surface area contributed by atoms with Crippen LogP contribution in [0.5, 0.6) is 0 Å². The Balaban J connectivity index is 2.07. The average Bonchev–Trinajstić information content (AvgIpc) is 2.95. The van der Waals surface area contributed by atoms with Crippen LogP contribution in [0.3, 0.4) is 0 Å². The molecule has 1 fully saturated rings. The number of carbonyl (C=O) groups is 1. The first-order valence-electron chi connectivity index (χ1n) is 7.04. The second-order valence-corrected chi connectivity index (χ2v) is 6.40. The summed E-state index contributed by atoms with van der Waals surface area (Å²) < 4.78 is 5.89. The van der Waals surface area contributed by atoms with Crippen molar-refractivity contribution in [3.8, 4) is 10.4 Å². The molecular weight excluding hydrogens is 286 g/mol. The van der Waals surface area contributed by atoms with E-state index in [-0.39, 0.29) is 5.69 Å². The molecule has 1 aromatic heterocycles. The fourth-order valence-corrected chi connectivity index (χ4v) is 3.77. The van der Waals surface area contributed by atoms with E-state index in [0.29, 0.717) is 11.5 Å². The number of nitrogens with zero attached hydrogens (tertiary/aromatic N) is 1. The first-order valence-corrected chi connectivity index (χ1v) is 7.86. The topological polar surface area (TPSA) is 59.4 Å². The monoisotopic (exact) mass is 303 g/mol. The van der Waals surface area contributed by atoms with Crippen molar-refractivity contribution in [1.82, 2.24) is 4.98 Å². The fourth-order valence-electron chi connectivity index (χ4n) is 2.58. The van der Waals surface area contributed by atoms with Crippen LogP contribution in [-0.4, -0.2) is 22.7 Å². The molecule has 0 saturated carbocycles. The molecule has 0 bridgehead atoms. The van der Waals surface area contributed by atoms with Crippen molar-refractivity contribution in [3.63, 3.8) is 0 Å². The first-order chi connectivity index (χ1) is 10.1. The molecule has 1 aliphatic heterocycles. The Morgan fingerprint density at radius 2 is 2.10 bits per heavy atom. The Labute approximate surface area is 127 Å². The number of aromatic nitrogens is 1. The van der Waals surface area contributed by atoms with Gasteiger partial charge in [-0.2, -0.15) is 0 Å². The van der Waals surface area contributed by atoms with Gasteiger partial charge in [-0.05, 0) is 31.7 Å². The number of carboxylic acid groups (broad SMARTS) is 1. The van der Waals surface area contributed by atoms with Gasteiger partial charge < -0.3 is 9.84 Å². The van der Waals surface area contributed by atoms with E-state index < -0.39 is 11.6 Å². The maximum absolute atomic E-state index is 11.5. The van der Waals surface area contributed by atoms with Crippen molar-refractivity contribution in [2.75, 3.05) is 6.61 Å². The zero-order valence-electron chi connectivity index (χ0n) is 11.8. The molecular formula is C16H17NO3S. The molecule has 0 aliphatic carbocycles. The number of hydrogen-bond donors (Lipinski definition) is 1. The molecule has 1 saturated heterocycles. The molecule has 0 spiro atoms. The number of thiazole rings is 1. The molecule has 2 aromatic rings. The highest BCUT2D eigenvalue weighted by molar-refractivity contribution is 7.15. The number of ether oxygens (including phenoxy) is 1. The average molecular weight is 303 g/mol. The lowest BCUT2D eigenvalue weighted by atomic mass is 9.97. The molecule has 5 heteroatoms.